The van der Waals surface area contributed by atoms with Crippen LogP contribution in [0.2, 0.25) is 5.02 Å². The molecule has 1 amide bonds. The number of hydrogen-bond acceptors (Lipinski definition) is 3. The number of carbonyl (C=O) groups is 1. The molecular weight excluding hydrogens is 347 g/mol. The van der Waals surface area contributed by atoms with Crippen LogP contribution in [0.5, 0.6) is 5.75 Å². The second kappa shape index (κ2) is 8.92. The highest BCUT2D eigenvalue weighted by atomic mass is 35.5. The summed E-state index contributed by atoms with van der Waals surface area (Å²) < 4.78 is 5.78. The topological polar surface area (TPSA) is 64.3 Å². The summed E-state index contributed by atoms with van der Waals surface area (Å²) in [6.07, 6.45) is 0. The van der Waals surface area contributed by atoms with Crippen molar-refractivity contribution in [2.75, 3.05) is 6.54 Å². The molecule has 3 N–H and O–H groups in total. The molecule has 0 saturated heterocycles. The molecule has 24 heavy (non-hydrogen) atoms. The first-order valence-corrected chi connectivity index (χ1v) is 7.77. The molecule has 4 nitrogen and oxygen atoms in total. The Hall–Kier alpha value is -1.75. The summed E-state index contributed by atoms with van der Waals surface area (Å²) in [6, 6.07) is 14.6. The van der Waals surface area contributed by atoms with Crippen molar-refractivity contribution >= 4 is 29.9 Å². The Kier molecular flexibility index (Phi) is 7.55. The molecule has 0 fully saturated rings. The van der Waals surface area contributed by atoms with Gasteiger partial charge in [0.1, 0.15) is 12.4 Å². The van der Waals surface area contributed by atoms with E-state index in [0.717, 1.165) is 5.56 Å². The molecule has 0 unspecified atom stereocenters. The fraction of sp³-hybridized carbons (Fsp3) is 0.278. The number of nitrogens with two attached hydrogens (primary N) is 1. The molecule has 0 bridgehead atoms. The largest absolute Gasteiger partial charge is 0.488 e. The number of para-hydroxylation sites is 1. The van der Waals surface area contributed by atoms with Gasteiger partial charge >= 0.3 is 0 Å². The minimum absolute atomic E-state index is 0. The fourth-order valence-electron chi connectivity index (χ4n) is 1.95. The Balaban J connectivity index is 0.00000288. The van der Waals surface area contributed by atoms with Gasteiger partial charge in [-0.3, -0.25) is 4.79 Å². The smallest absolute Gasteiger partial charge is 0.255 e. The molecule has 2 rings (SSSR count). The lowest BCUT2D eigenvalue weighted by Gasteiger charge is -2.19. The average molecular weight is 369 g/mol. The van der Waals surface area contributed by atoms with Crippen molar-refractivity contribution in [3.05, 3.63) is 64.7 Å². The zero-order chi connectivity index (χ0) is 16.9. The van der Waals surface area contributed by atoms with E-state index in [1.54, 1.807) is 18.2 Å². The quantitative estimate of drug-likeness (QED) is 0.814. The van der Waals surface area contributed by atoms with Crippen molar-refractivity contribution in [3.63, 3.8) is 0 Å². The van der Waals surface area contributed by atoms with E-state index in [-0.39, 0.29) is 18.3 Å². The molecule has 0 heterocycles. The van der Waals surface area contributed by atoms with Gasteiger partial charge in [0.15, 0.2) is 0 Å². The normalized spacial score (nSPS) is 10.7. The molecule has 0 radical (unpaired) electrons. The third-order valence-electron chi connectivity index (χ3n) is 3.18. The number of hydrogen-bond donors (Lipinski definition) is 2. The third-order valence-corrected chi connectivity index (χ3v) is 3.55. The van der Waals surface area contributed by atoms with Crippen molar-refractivity contribution in [1.29, 1.82) is 0 Å². The van der Waals surface area contributed by atoms with Crippen molar-refractivity contribution in [3.8, 4) is 5.75 Å². The number of ether oxygens (including phenoxy) is 1. The first-order chi connectivity index (χ1) is 10.9. The van der Waals surface area contributed by atoms with Gasteiger partial charge in [0.25, 0.3) is 5.91 Å². The SMILES string of the molecule is CC(C)(N)CNC(=O)c1ccccc1OCc1ccccc1Cl.Cl. The Morgan fingerprint density at radius 1 is 1.17 bits per heavy atom. The second-order valence-corrected chi connectivity index (χ2v) is 6.45. The fourth-order valence-corrected chi connectivity index (χ4v) is 2.14. The number of amides is 1. The average Bonchev–Trinajstić information content (AvgIpc) is 2.51. The van der Waals surface area contributed by atoms with Crippen molar-refractivity contribution in [2.24, 2.45) is 5.73 Å². The van der Waals surface area contributed by atoms with E-state index < -0.39 is 5.54 Å². The van der Waals surface area contributed by atoms with Gasteiger partial charge in [-0.2, -0.15) is 0 Å². The van der Waals surface area contributed by atoms with Crippen LogP contribution in [0.15, 0.2) is 48.5 Å². The van der Waals surface area contributed by atoms with Gasteiger partial charge in [0.2, 0.25) is 0 Å². The maximum Gasteiger partial charge on any atom is 0.255 e. The van der Waals surface area contributed by atoms with Crippen LogP contribution in [0, 0.1) is 0 Å². The van der Waals surface area contributed by atoms with Gasteiger partial charge in [0, 0.05) is 22.7 Å². The summed E-state index contributed by atoms with van der Waals surface area (Å²) in [5.41, 5.74) is 6.77. The molecule has 0 aliphatic rings. The molecule has 0 aliphatic heterocycles. The third kappa shape index (κ3) is 6.04. The molecule has 0 aliphatic carbocycles. The van der Waals surface area contributed by atoms with Crippen LogP contribution in [0.4, 0.5) is 0 Å². The Labute approximate surface area is 153 Å². The van der Waals surface area contributed by atoms with E-state index in [0.29, 0.717) is 29.5 Å². The van der Waals surface area contributed by atoms with Gasteiger partial charge in [0.05, 0.1) is 5.56 Å². The molecule has 0 saturated carbocycles. The van der Waals surface area contributed by atoms with E-state index >= 15 is 0 Å². The van der Waals surface area contributed by atoms with Crippen molar-refractivity contribution < 1.29 is 9.53 Å². The maximum absolute atomic E-state index is 12.3. The summed E-state index contributed by atoms with van der Waals surface area (Å²) in [7, 11) is 0. The molecule has 0 aromatic heterocycles. The molecular formula is C18H22Cl2N2O2. The zero-order valence-corrected chi connectivity index (χ0v) is 15.3. The number of halogens is 2. The van der Waals surface area contributed by atoms with Crippen LogP contribution < -0.4 is 15.8 Å². The summed E-state index contributed by atoms with van der Waals surface area (Å²) in [5, 5.41) is 3.46. The highest BCUT2D eigenvalue weighted by Crippen LogP contribution is 2.22. The number of benzene rings is 2. The standard InChI is InChI=1S/C18H21ClN2O2.ClH/c1-18(2,20)12-21-17(22)14-8-4-6-10-16(14)23-11-13-7-3-5-9-15(13)19;/h3-10H,11-12,20H2,1-2H3,(H,21,22);1H. The van der Waals surface area contributed by atoms with Gasteiger partial charge in [-0.05, 0) is 32.0 Å². The molecule has 0 spiro atoms. The molecule has 0 atom stereocenters. The predicted octanol–water partition coefficient (Wildman–Crippen LogP) is 3.81. The van der Waals surface area contributed by atoms with E-state index in [9.17, 15) is 4.79 Å². The van der Waals surface area contributed by atoms with Crippen molar-refractivity contribution in [1.82, 2.24) is 5.32 Å². The monoisotopic (exact) mass is 368 g/mol. The Morgan fingerprint density at radius 2 is 1.79 bits per heavy atom. The summed E-state index contributed by atoms with van der Waals surface area (Å²) in [5.74, 6) is 0.304. The van der Waals surface area contributed by atoms with E-state index in [2.05, 4.69) is 5.32 Å². The lowest BCUT2D eigenvalue weighted by atomic mass is 10.1. The first kappa shape index (κ1) is 20.3. The zero-order valence-electron chi connectivity index (χ0n) is 13.7. The predicted molar refractivity (Wildman–Crippen MR) is 100 cm³/mol. The van der Waals surface area contributed by atoms with E-state index in [4.69, 9.17) is 22.1 Å². The van der Waals surface area contributed by atoms with Crippen molar-refractivity contribution in [2.45, 2.75) is 26.0 Å². The number of rotatable bonds is 6. The highest BCUT2D eigenvalue weighted by Gasteiger charge is 2.16. The van der Waals surface area contributed by atoms with Crippen LogP contribution in [-0.4, -0.2) is 18.0 Å². The van der Waals surface area contributed by atoms with Gasteiger partial charge in [-0.25, -0.2) is 0 Å². The van der Waals surface area contributed by atoms with Crippen LogP contribution in [-0.2, 0) is 6.61 Å². The highest BCUT2D eigenvalue weighted by molar-refractivity contribution is 6.31. The van der Waals surface area contributed by atoms with Crippen LogP contribution >= 0.6 is 24.0 Å². The lowest BCUT2D eigenvalue weighted by molar-refractivity contribution is 0.0941. The summed E-state index contributed by atoms with van der Waals surface area (Å²) in [4.78, 5) is 12.3. The molecule has 2 aromatic carbocycles. The maximum atomic E-state index is 12.3. The van der Waals surface area contributed by atoms with E-state index in [1.165, 1.54) is 0 Å². The van der Waals surface area contributed by atoms with Gasteiger partial charge < -0.3 is 15.8 Å². The minimum atomic E-state index is -0.469. The Bertz CT molecular complexity index is 685. The Morgan fingerprint density at radius 3 is 2.46 bits per heavy atom. The second-order valence-electron chi connectivity index (χ2n) is 6.05. The van der Waals surface area contributed by atoms with Gasteiger partial charge in [-0.15, -0.1) is 12.4 Å². The molecule has 6 heteroatoms. The van der Waals surface area contributed by atoms with Crippen LogP contribution in [0.3, 0.4) is 0 Å². The van der Waals surface area contributed by atoms with E-state index in [1.807, 2.05) is 44.2 Å². The minimum Gasteiger partial charge on any atom is -0.488 e. The number of nitrogens with one attached hydrogen (secondary N) is 1. The summed E-state index contributed by atoms with van der Waals surface area (Å²) >= 11 is 6.12. The number of carbonyl (C=O) groups excluding carboxylic acids is 1. The molecule has 2 aromatic rings. The first-order valence-electron chi connectivity index (χ1n) is 7.39. The lowest BCUT2D eigenvalue weighted by Crippen LogP contribution is -2.45. The van der Waals surface area contributed by atoms with Gasteiger partial charge in [-0.1, -0.05) is 41.9 Å². The summed E-state index contributed by atoms with van der Waals surface area (Å²) in [6.45, 7) is 4.39. The van der Waals surface area contributed by atoms with Crippen LogP contribution in [0.25, 0.3) is 0 Å². The molecule has 130 valence electrons. The van der Waals surface area contributed by atoms with Crippen LogP contribution in [0.1, 0.15) is 29.8 Å².